The summed E-state index contributed by atoms with van der Waals surface area (Å²) < 4.78 is 5.57. The molecule has 8 heteroatoms. The number of nitrogens with two attached hydrogens (primary N) is 1. The van der Waals surface area contributed by atoms with Crippen molar-refractivity contribution in [2.24, 2.45) is 10.9 Å². The van der Waals surface area contributed by atoms with Crippen molar-refractivity contribution in [2.75, 3.05) is 43.8 Å². The van der Waals surface area contributed by atoms with Gasteiger partial charge in [-0.15, -0.1) is 0 Å². The number of nitrogen functional groups attached to an aromatic ring is 1. The fraction of sp³-hybridized carbons (Fsp3) is 0.500. The number of piperazine rings is 1. The molecule has 2 heterocycles. The number of fused-ring (bicyclic) bond motifs is 1. The Balaban J connectivity index is 1.65. The van der Waals surface area contributed by atoms with Crippen molar-refractivity contribution in [1.29, 1.82) is 5.26 Å². The summed E-state index contributed by atoms with van der Waals surface area (Å²) in [7, 11) is 0. The molecule has 158 valence electrons. The van der Waals surface area contributed by atoms with E-state index in [0.29, 0.717) is 41.1 Å². The molecule has 0 unspecified atom stereocenters. The molecule has 0 spiro atoms. The molecule has 8 nitrogen and oxygen atoms in total. The van der Waals surface area contributed by atoms with E-state index in [1.54, 1.807) is 6.07 Å². The second-order valence-corrected chi connectivity index (χ2v) is 8.00. The number of carbonyl (C=O) groups excluding carboxylic acids is 1. The van der Waals surface area contributed by atoms with E-state index in [9.17, 15) is 10.1 Å². The molecule has 2 fully saturated rings. The Labute approximate surface area is 176 Å². The number of esters is 1. The number of hydrogen-bond donors (Lipinski definition) is 3. The first-order chi connectivity index (χ1) is 14.7. The number of amidine groups is 1. The third-order valence-electron chi connectivity index (χ3n) is 5.93. The van der Waals surface area contributed by atoms with Crippen LogP contribution in [0.15, 0.2) is 34.5 Å². The lowest BCUT2D eigenvalue weighted by molar-refractivity contribution is -0.140. The number of hydrogen-bond acceptors (Lipinski definition) is 8. The molecule has 0 amide bonds. The maximum Gasteiger partial charge on any atom is 0.351 e. The van der Waals surface area contributed by atoms with Crippen LogP contribution in [0.5, 0.6) is 0 Å². The molecule has 0 atom stereocenters. The minimum absolute atomic E-state index is 0.0583. The zero-order chi connectivity index (χ0) is 20.9. The zero-order valence-corrected chi connectivity index (χ0v) is 17.1. The smallest absolute Gasteiger partial charge is 0.351 e. The van der Waals surface area contributed by atoms with E-state index in [2.05, 4.69) is 21.6 Å². The molecule has 3 aliphatic rings. The summed E-state index contributed by atoms with van der Waals surface area (Å²) in [6.45, 7) is 3.44. The molecule has 4 N–H and O–H groups in total. The summed E-state index contributed by atoms with van der Waals surface area (Å²) in [5.74, 6) is 0.358. The summed E-state index contributed by atoms with van der Waals surface area (Å²) in [4.78, 5) is 19.7. The lowest BCUT2D eigenvalue weighted by atomic mass is 9.90. The van der Waals surface area contributed by atoms with E-state index in [4.69, 9.17) is 15.5 Å². The molecule has 1 aliphatic carbocycles. The average molecular weight is 409 g/mol. The van der Waals surface area contributed by atoms with Crippen LogP contribution < -0.4 is 16.4 Å². The fourth-order valence-corrected chi connectivity index (χ4v) is 4.24. The molecule has 0 radical (unpaired) electrons. The van der Waals surface area contributed by atoms with E-state index in [-0.39, 0.29) is 5.57 Å². The lowest BCUT2D eigenvalue weighted by Crippen LogP contribution is -2.48. The van der Waals surface area contributed by atoms with Gasteiger partial charge >= 0.3 is 5.97 Å². The molecule has 30 heavy (non-hydrogen) atoms. The number of anilines is 2. The summed E-state index contributed by atoms with van der Waals surface area (Å²) >= 11 is 0. The SMILES string of the molecule is N#CC(C(=O)OCC1CCCCC1)=C1Nc2c(N)cccc2N=C1N1CCNCC1. The van der Waals surface area contributed by atoms with Crippen molar-refractivity contribution in [2.45, 2.75) is 32.1 Å². The van der Waals surface area contributed by atoms with Gasteiger partial charge in [0.1, 0.15) is 11.8 Å². The molecule has 2 aliphatic heterocycles. The summed E-state index contributed by atoms with van der Waals surface area (Å²) in [5.41, 5.74) is 8.26. The third-order valence-corrected chi connectivity index (χ3v) is 5.93. The van der Waals surface area contributed by atoms with Crippen LogP contribution >= 0.6 is 0 Å². The number of para-hydroxylation sites is 1. The van der Waals surface area contributed by atoms with Gasteiger partial charge in [-0.05, 0) is 30.9 Å². The molecular formula is C22H28N6O2. The van der Waals surface area contributed by atoms with Gasteiger partial charge in [-0.2, -0.15) is 5.26 Å². The quantitative estimate of drug-likeness (QED) is 0.305. The molecule has 4 rings (SSSR count). The predicted octanol–water partition coefficient (Wildman–Crippen LogP) is 2.53. The highest BCUT2D eigenvalue weighted by Gasteiger charge is 2.30. The van der Waals surface area contributed by atoms with E-state index >= 15 is 0 Å². The monoisotopic (exact) mass is 408 g/mol. The van der Waals surface area contributed by atoms with Gasteiger partial charge in [0.15, 0.2) is 11.4 Å². The summed E-state index contributed by atoms with van der Waals surface area (Å²) in [6, 6.07) is 7.53. The number of nitrogens with one attached hydrogen (secondary N) is 2. The summed E-state index contributed by atoms with van der Waals surface area (Å²) in [5, 5.41) is 16.4. The van der Waals surface area contributed by atoms with Gasteiger partial charge in [-0.3, -0.25) is 0 Å². The largest absolute Gasteiger partial charge is 0.461 e. The Morgan fingerprint density at radius 1 is 1.27 bits per heavy atom. The standard InChI is InChI=1S/C22H28N6O2/c23-13-16(22(29)30-14-15-5-2-1-3-6-15)19-21(28-11-9-25-10-12-28)26-18-8-4-7-17(24)20(18)27-19/h4,7-8,15,25,27H,1-3,5-6,9-12,14,24H2. The van der Waals surface area contributed by atoms with Crippen LogP contribution in [0.25, 0.3) is 0 Å². The highest BCUT2D eigenvalue weighted by Crippen LogP contribution is 2.37. The summed E-state index contributed by atoms with van der Waals surface area (Å²) in [6.07, 6.45) is 5.73. The zero-order valence-electron chi connectivity index (χ0n) is 17.1. The average Bonchev–Trinajstić information content (AvgIpc) is 2.79. The second-order valence-electron chi connectivity index (χ2n) is 8.00. The molecule has 1 aromatic carbocycles. The van der Waals surface area contributed by atoms with E-state index in [1.807, 2.05) is 12.1 Å². The van der Waals surface area contributed by atoms with Crippen LogP contribution in [0.1, 0.15) is 32.1 Å². The lowest BCUT2D eigenvalue weighted by Gasteiger charge is -2.34. The second kappa shape index (κ2) is 9.18. The Kier molecular flexibility index (Phi) is 6.19. The minimum Gasteiger partial charge on any atom is -0.461 e. The van der Waals surface area contributed by atoms with Crippen LogP contribution in [0.2, 0.25) is 0 Å². The van der Waals surface area contributed by atoms with Gasteiger partial charge in [-0.25, -0.2) is 9.79 Å². The maximum atomic E-state index is 12.9. The predicted molar refractivity (Wildman–Crippen MR) is 116 cm³/mol. The highest BCUT2D eigenvalue weighted by molar-refractivity contribution is 6.13. The molecular weight excluding hydrogens is 380 g/mol. The molecule has 0 bridgehead atoms. The van der Waals surface area contributed by atoms with Crippen molar-refractivity contribution in [3.8, 4) is 6.07 Å². The highest BCUT2D eigenvalue weighted by atomic mass is 16.5. The number of nitrogens with zero attached hydrogens (tertiary/aromatic N) is 3. The van der Waals surface area contributed by atoms with Crippen LogP contribution in [-0.2, 0) is 9.53 Å². The van der Waals surface area contributed by atoms with Gasteiger partial charge in [0.05, 0.1) is 23.7 Å². The fourth-order valence-electron chi connectivity index (χ4n) is 4.24. The van der Waals surface area contributed by atoms with E-state index in [1.165, 1.54) is 19.3 Å². The van der Waals surface area contributed by atoms with Gasteiger partial charge in [-0.1, -0.05) is 25.3 Å². The first-order valence-corrected chi connectivity index (χ1v) is 10.7. The van der Waals surface area contributed by atoms with Crippen LogP contribution in [0.3, 0.4) is 0 Å². The van der Waals surface area contributed by atoms with Crippen molar-refractivity contribution in [1.82, 2.24) is 10.2 Å². The van der Waals surface area contributed by atoms with Crippen LogP contribution in [-0.4, -0.2) is 49.5 Å². The number of benzene rings is 1. The van der Waals surface area contributed by atoms with Crippen molar-refractivity contribution in [3.05, 3.63) is 29.5 Å². The van der Waals surface area contributed by atoms with Gasteiger partial charge in [0, 0.05) is 26.2 Å². The van der Waals surface area contributed by atoms with Gasteiger partial charge in [0.25, 0.3) is 0 Å². The minimum atomic E-state index is -0.605. The van der Waals surface area contributed by atoms with E-state index < -0.39 is 5.97 Å². The Morgan fingerprint density at radius 3 is 2.77 bits per heavy atom. The number of ether oxygens (including phenoxy) is 1. The van der Waals surface area contributed by atoms with Crippen molar-refractivity contribution >= 4 is 28.9 Å². The maximum absolute atomic E-state index is 12.9. The Bertz CT molecular complexity index is 905. The van der Waals surface area contributed by atoms with Crippen molar-refractivity contribution in [3.63, 3.8) is 0 Å². The molecule has 1 aromatic rings. The van der Waals surface area contributed by atoms with Crippen LogP contribution in [0.4, 0.5) is 17.1 Å². The number of nitriles is 1. The first-order valence-electron chi connectivity index (χ1n) is 10.7. The Hall–Kier alpha value is -3.05. The molecule has 0 aromatic heterocycles. The van der Waals surface area contributed by atoms with Gasteiger partial charge in [0.2, 0.25) is 0 Å². The first kappa shape index (κ1) is 20.2. The third kappa shape index (κ3) is 4.26. The van der Waals surface area contributed by atoms with Crippen molar-refractivity contribution < 1.29 is 9.53 Å². The topological polar surface area (TPSA) is 116 Å². The van der Waals surface area contributed by atoms with Gasteiger partial charge < -0.3 is 26.0 Å². The van der Waals surface area contributed by atoms with E-state index in [0.717, 1.165) is 39.0 Å². The molecule has 1 saturated carbocycles. The number of aliphatic imine (C=N–C) groups is 1. The molecule has 1 saturated heterocycles. The number of rotatable bonds is 3. The van der Waals surface area contributed by atoms with Crippen LogP contribution in [0, 0.1) is 17.2 Å². The normalized spacial score (nSPS) is 21.0. The Morgan fingerprint density at radius 2 is 2.03 bits per heavy atom. The number of carbonyl (C=O) groups is 1.